The number of nitrogens with zero attached hydrogens (tertiary/aromatic N) is 3. The molecule has 0 bridgehead atoms. The summed E-state index contributed by atoms with van der Waals surface area (Å²) in [5.41, 5.74) is 3.21. The predicted molar refractivity (Wildman–Crippen MR) is 174 cm³/mol. The smallest absolute Gasteiger partial charge is 0.257 e. The van der Waals surface area contributed by atoms with Crippen molar-refractivity contribution < 1.29 is 18.0 Å². The van der Waals surface area contributed by atoms with Gasteiger partial charge in [0.05, 0.1) is 10.5 Å². The molecule has 0 saturated heterocycles. The quantitative estimate of drug-likeness (QED) is 0.229. The van der Waals surface area contributed by atoms with Gasteiger partial charge in [0.15, 0.2) is 0 Å². The van der Waals surface area contributed by atoms with Gasteiger partial charge < -0.3 is 10.2 Å². The van der Waals surface area contributed by atoms with Crippen LogP contribution in [0.5, 0.6) is 0 Å². The van der Waals surface area contributed by atoms with Crippen molar-refractivity contribution in [3.8, 4) is 0 Å². The average molecular weight is 625 g/mol. The van der Waals surface area contributed by atoms with Crippen LogP contribution in [-0.2, 0) is 29.5 Å². The van der Waals surface area contributed by atoms with Crippen molar-refractivity contribution in [1.82, 2.24) is 14.1 Å². The molecule has 0 fully saturated rings. The van der Waals surface area contributed by atoms with E-state index >= 15 is 0 Å². The third-order valence-electron chi connectivity index (χ3n) is 7.75. The van der Waals surface area contributed by atoms with E-state index in [0.717, 1.165) is 55.6 Å². The van der Waals surface area contributed by atoms with Gasteiger partial charge in [0, 0.05) is 56.8 Å². The molecule has 8 nitrogen and oxygen atoms in total. The lowest BCUT2D eigenvalue weighted by atomic mass is 10.0. The minimum Gasteiger partial charge on any atom is -0.339 e. The summed E-state index contributed by atoms with van der Waals surface area (Å²) in [4.78, 5) is 32.9. The van der Waals surface area contributed by atoms with Gasteiger partial charge in [-0.1, -0.05) is 57.5 Å². The molecule has 2 aromatic carbocycles. The molecule has 0 aliphatic carbocycles. The van der Waals surface area contributed by atoms with Crippen molar-refractivity contribution in [2.75, 3.05) is 38.5 Å². The average Bonchev–Trinajstić information content (AvgIpc) is 3.36. The molecule has 0 atom stereocenters. The second-order valence-electron chi connectivity index (χ2n) is 11.1. The summed E-state index contributed by atoms with van der Waals surface area (Å²) in [5.74, 6) is -0.404. The van der Waals surface area contributed by atoms with Gasteiger partial charge in [-0.05, 0) is 61.1 Å². The molecule has 1 aliphatic heterocycles. The molecular weight excluding hydrogens is 581 g/mol. The first-order valence-electron chi connectivity index (χ1n) is 15.3. The van der Waals surface area contributed by atoms with Gasteiger partial charge in [-0.25, -0.2) is 12.7 Å². The van der Waals surface area contributed by atoms with E-state index in [2.05, 4.69) is 36.2 Å². The maximum absolute atomic E-state index is 14.0. The Morgan fingerprint density at radius 2 is 1.60 bits per heavy atom. The Kier molecular flexibility index (Phi) is 11.5. The second-order valence-corrected chi connectivity index (χ2v) is 14.3. The van der Waals surface area contributed by atoms with Crippen molar-refractivity contribution in [1.29, 1.82) is 0 Å². The number of carbonyl (C=O) groups excluding carboxylic acids is 2. The predicted octanol–water partition coefficient (Wildman–Crippen LogP) is 6.24. The molecule has 3 aromatic rings. The zero-order valence-corrected chi connectivity index (χ0v) is 27.4. The highest BCUT2D eigenvalue weighted by atomic mass is 32.2. The molecule has 4 rings (SSSR count). The van der Waals surface area contributed by atoms with Crippen molar-refractivity contribution in [2.24, 2.45) is 0 Å². The van der Waals surface area contributed by atoms with Crippen LogP contribution in [0.4, 0.5) is 5.00 Å². The van der Waals surface area contributed by atoms with Crippen LogP contribution in [0, 0.1) is 0 Å². The number of unbranched alkanes of at least 4 members (excludes halogenated alkanes) is 1. The summed E-state index contributed by atoms with van der Waals surface area (Å²) >= 11 is 1.48. The Labute approximate surface area is 260 Å². The van der Waals surface area contributed by atoms with Crippen LogP contribution in [0.3, 0.4) is 0 Å². The molecule has 10 heteroatoms. The number of carbonyl (C=O) groups is 2. The topological polar surface area (TPSA) is 90.0 Å². The third-order valence-corrected chi connectivity index (χ3v) is 10.8. The molecule has 1 aromatic heterocycles. The van der Waals surface area contributed by atoms with Gasteiger partial charge in [-0.2, -0.15) is 0 Å². The highest BCUT2D eigenvalue weighted by Crippen LogP contribution is 2.38. The minimum atomic E-state index is -3.63. The molecule has 0 radical (unpaired) electrons. The van der Waals surface area contributed by atoms with E-state index in [1.165, 1.54) is 45.5 Å². The Morgan fingerprint density at radius 1 is 0.930 bits per heavy atom. The number of sulfonamides is 1. The molecule has 0 spiro atoms. The molecule has 43 heavy (non-hydrogen) atoms. The summed E-state index contributed by atoms with van der Waals surface area (Å²) in [6.07, 6.45) is 4.12. The van der Waals surface area contributed by atoms with Crippen LogP contribution >= 0.6 is 11.3 Å². The second kappa shape index (κ2) is 15.1. The van der Waals surface area contributed by atoms with E-state index in [-0.39, 0.29) is 16.7 Å². The van der Waals surface area contributed by atoms with E-state index < -0.39 is 10.0 Å². The van der Waals surface area contributed by atoms with Gasteiger partial charge >= 0.3 is 0 Å². The first-order chi connectivity index (χ1) is 20.7. The molecule has 0 unspecified atom stereocenters. The van der Waals surface area contributed by atoms with Crippen LogP contribution in [0.15, 0.2) is 59.5 Å². The fraction of sp³-hybridized carbons (Fsp3) is 0.455. The van der Waals surface area contributed by atoms with E-state index in [4.69, 9.17) is 0 Å². The summed E-state index contributed by atoms with van der Waals surface area (Å²) in [6, 6.07) is 16.4. The third kappa shape index (κ3) is 7.92. The maximum atomic E-state index is 14.0. The first kappa shape index (κ1) is 32.9. The van der Waals surface area contributed by atoms with Gasteiger partial charge in [0.2, 0.25) is 10.0 Å². The lowest BCUT2D eigenvalue weighted by molar-refractivity contribution is 0.0755. The lowest BCUT2D eigenvalue weighted by Crippen LogP contribution is -2.35. The molecule has 1 aliphatic rings. The fourth-order valence-corrected chi connectivity index (χ4v) is 7.88. The number of rotatable bonds is 14. The zero-order chi connectivity index (χ0) is 31.0. The van der Waals surface area contributed by atoms with Crippen molar-refractivity contribution in [3.05, 3.63) is 81.7 Å². The van der Waals surface area contributed by atoms with Gasteiger partial charge in [0.1, 0.15) is 5.00 Å². The number of fused-ring (bicyclic) bond motifs is 1. The summed E-state index contributed by atoms with van der Waals surface area (Å²) in [7, 11) is -2.06. The normalized spacial score (nSPS) is 13.6. The molecule has 0 saturated carbocycles. The van der Waals surface area contributed by atoms with Crippen molar-refractivity contribution in [3.63, 3.8) is 0 Å². The number of hydrogen-bond donors (Lipinski definition) is 1. The highest BCUT2D eigenvalue weighted by Gasteiger charge is 2.31. The number of nitrogens with one attached hydrogen (secondary N) is 1. The molecule has 2 heterocycles. The van der Waals surface area contributed by atoms with Gasteiger partial charge in [-0.3, -0.25) is 14.5 Å². The molecular formula is C33H44N4O4S2. The largest absolute Gasteiger partial charge is 0.339 e. The van der Waals surface area contributed by atoms with Gasteiger partial charge in [-0.15, -0.1) is 11.3 Å². The lowest BCUT2D eigenvalue weighted by Gasteiger charge is -2.28. The number of thiophene rings is 1. The zero-order valence-electron chi connectivity index (χ0n) is 25.8. The molecule has 232 valence electrons. The minimum absolute atomic E-state index is 0.0374. The van der Waals surface area contributed by atoms with Crippen LogP contribution in [0.2, 0.25) is 0 Å². The summed E-state index contributed by atoms with van der Waals surface area (Å²) in [6.45, 7) is 10.3. The summed E-state index contributed by atoms with van der Waals surface area (Å²) in [5, 5.41) is 3.60. The van der Waals surface area contributed by atoms with Crippen molar-refractivity contribution in [2.45, 2.75) is 70.9 Å². The first-order valence-corrected chi connectivity index (χ1v) is 17.5. The Hall–Kier alpha value is -3.05. The van der Waals surface area contributed by atoms with Gasteiger partial charge in [0.25, 0.3) is 11.8 Å². The highest BCUT2D eigenvalue weighted by molar-refractivity contribution is 7.89. The Balaban J connectivity index is 1.60. The number of hydrogen-bond acceptors (Lipinski definition) is 6. The van der Waals surface area contributed by atoms with E-state index in [1.54, 1.807) is 7.05 Å². The SMILES string of the molecule is CCCCN(C)S(=O)(=O)c1ccc(C(=O)Nc2sc3c(c2C(=O)N(CCC)CCC)CCN(Cc2ccccc2)C3)cc1. The van der Waals surface area contributed by atoms with E-state index in [0.29, 0.717) is 42.3 Å². The Morgan fingerprint density at radius 3 is 2.23 bits per heavy atom. The van der Waals surface area contributed by atoms with Crippen LogP contribution in [0.1, 0.15) is 83.2 Å². The molecule has 2 amide bonds. The Bertz CT molecular complexity index is 1480. The number of benzene rings is 2. The monoisotopic (exact) mass is 624 g/mol. The van der Waals surface area contributed by atoms with Crippen molar-refractivity contribution >= 4 is 38.2 Å². The molecule has 1 N–H and O–H groups in total. The van der Waals surface area contributed by atoms with Crippen LogP contribution in [-0.4, -0.2) is 67.6 Å². The van der Waals surface area contributed by atoms with Crippen LogP contribution in [0.25, 0.3) is 0 Å². The van der Waals surface area contributed by atoms with Crippen LogP contribution < -0.4 is 5.32 Å². The van der Waals surface area contributed by atoms with E-state index in [1.807, 2.05) is 30.0 Å². The standard InChI is InChI=1S/C33H44N4O4S2/c1-5-8-21-35(4)43(40,41)27-16-14-26(15-17-27)31(38)34-32-30(33(39)37(19-6-2)20-7-3)28-18-22-36(24-29(28)42-32)23-25-12-10-9-11-13-25/h9-17H,5-8,18-24H2,1-4H3,(H,34,38). The maximum Gasteiger partial charge on any atom is 0.257 e. The fourth-order valence-electron chi connectivity index (χ4n) is 5.39. The number of amides is 2. The summed E-state index contributed by atoms with van der Waals surface area (Å²) < 4.78 is 27.2. The number of anilines is 1. The van der Waals surface area contributed by atoms with E-state index in [9.17, 15) is 18.0 Å².